The van der Waals surface area contributed by atoms with E-state index in [-0.39, 0.29) is 29.1 Å². The number of esters is 1. The van der Waals surface area contributed by atoms with Crippen LogP contribution in [0.3, 0.4) is 0 Å². The first-order chi connectivity index (χ1) is 11.5. The standard InChI is InChI=1S/C18H27N3O4/c1-12(20)13(10-19)14(22)11-25-16(24)18(7-5-6-8-18)9-15(23)21-17(2,3)4/h5-9,11,20H2,1-4H3,(H,21,23). The van der Waals surface area contributed by atoms with Gasteiger partial charge >= 0.3 is 5.97 Å². The van der Waals surface area contributed by atoms with E-state index in [0.717, 1.165) is 12.8 Å². The van der Waals surface area contributed by atoms with Crippen LogP contribution in [0.4, 0.5) is 0 Å². The van der Waals surface area contributed by atoms with Crippen molar-refractivity contribution in [3.05, 3.63) is 11.3 Å². The van der Waals surface area contributed by atoms with E-state index in [0.29, 0.717) is 12.8 Å². The molecule has 0 spiro atoms. The number of nitrogens with zero attached hydrogens (tertiary/aromatic N) is 1. The molecule has 0 aromatic rings. The minimum absolute atomic E-state index is 0.0359. The van der Waals surface area contributed by atoms with Gasteiger partial charge in [0.2, 0.25) is 11.7 Å². The van der Waals surface area contributed by atoms with Crippen molar-refractivity contribution in [1.29, 1.82) is 5.26 Å². The molecule has 138 valence electrons. The van der Waals surface area contributed by atoms with Crippen LogP contribution in [-0.2, 0) is 19.1 Å². The molecule has 0 unspecified atom stereocenters. The molecule has 1 amide bonds. The van der Waals surface area contributed by atoms with E-state index in [9.17, 15) is 14.4 Å². The Bertz CT molecular complexity index is 613. The molecular formula is C18H27N3O4. The van der Waals surface area contributed by atoms with Crippen molar-refractivity contribution in [2.24, 2.45) is 11.1 Å². The normalized spacial score (nSPS) is 17.2. The highest BCUT2D eigenvalue weighted by Crippen LogP contribution is 2.42. The Balaban J connectivity index is 2.78. The number of carbonyl (C=O) groups excluding carboxylic acids is 3. The minimum atomic E-state index is -0.899. The van der Waals surface area contributed by atoms with Gasteiger partial charge in [-0.2, -0.15) is 5.26 Å². The molecular weight excluding hydrogens is 322 g/mol. The van der Waals surface area contributed by atoms with E-state index < -0.39 is 23.8 Å². The average molecular weight is 349 g/mol. The molecule has 0 heterocycles. The molecule has 0 saturated heterocycles. The van der Waals surface area contributed by atoms with Gasteiger partial charge < -0.3 is 15.8 Å². The van der Waals surface area contributed by atoms with Crippen molar-refractivity contribution in [3.8, 4) is 6.07 Å². The van der Waals surface area contributed by atoms with Crippen LogP contribution in [0.2, 0.25) is 0 Å². The van der Waals surface area contributed by atoms with Gasteiger partial charge in [0, 0.05) is 17.7 Å². The topological polar surface area (TPSA) is 122 Å². The van der Waals surface area contributed by atoms with Crippen molar-refractivity contribution >= 4 is 17.7 Å². The number of nitrogens with one attached hydrogen (secondary N) is 1. The maximum Gasteiger partial charge on any atom is 0.313 e. The zero-order chi connectivity index (χ0) is 19.3. The second-order valence-electron chi connectivity index (χ2n) is 7.63. The Hall–Kier alpha value is -2.36. The highest BCUT2D eigenvalue weighted by molar-refractivity contribution is 6.01. The molecule has 0 aromatic carbocycles. The minimum Gasteiger partial charge on any atom is -0.457 e. The lowest BCUT2D eigenvalue weighted by Crippen LogP contribution is -2.44. The van der Waals surface area contributed by atoms with Crippen molar-refractivity contribution in [1.82, 2.24) is 5.32 Å². The first-order valence-corrected chi connectivity index (χ1v) is 8.39. The summed E-state index contributed by atoms with van der Waals surface area (Å²) in [5.41, 5.74) is 4.06. The number of amides is 1. The van der Waals surface area contributed by atoms with E-state index in [1.807, 2.05) is 20.8 Å². The van der Waals surface area contributed by atoms with Crippen LogP contribution < -0.4 is 11.1 Å². The van der Waals surface area contributed by atoms with Gasteiger partial charge in [0.1, 0.15) is 11.6 Å². The molecule has 1 aliphatic carbocycles. The maximum atomic E-state index is 12.6. The van der Waals surface area contributed by atoms with Gasteiger partial charge in [0.15, 0.2) is 6.61 Å². The molecule has 0 aliphatic heterocycles. The molecule has 0 radical (unpaired) electrons. The third-order valence-electron chi connectivity index (χ3n) is 4.13. The number of nitrogens with two attached hydrogens (primary N) is 1. The smallest absolute Gasteiger partial charge is 0.313 e. The summed E-state index contributed by atoms with van der Waals surface area (Å²) in [6.45, 7) is 6.50. The number of Topliss-reactive ketones (excluding diaryl/α,β-unsaturated/α-hetero) is 1. The third-order valence-corrected chi connectivity index (χ3v) is 4.13. The molecule has 1 saturated carbocycles. The Labute approximate surface area is 148 Å². The van der Waals surface area contributed by atoms with E-state index in [1.165, 1.54) is 6.92 Å². The highest BCUT2D eigenvalue weighted by atomic mass is 16.5. The fourth-order valence-corrected chi connectivity index (χ4v) is 3.00. The summed E-state index contributed by atoms with van der Waals surface area (Å²) in [5.74, 6) is -1.41. The fourth-order valence-electron chi connectivity index (χ4n) is 3.00. The molecule has 1 fully saturated rings. The molecule has 1 rings (SSSR count). The third kappa shape index (κ3) is 5.89. The first kappa shape index (κ1) is 20.7. The Morgan fingerprint density at radius 2 is 1.80 bits per heavy atom. The number of nitriles is 1. The summed E-state index contributed by atoms with van der Waals surface area (Å²) >= 11 is 0. The van der Waals surface area contributed by atoms with Gasteiger partial charge in [0.25, 0.3) is 0 Å². The number of hydrogen-bond acceptors (Lipinski definition) is 6. The molecule has 0 bridgehead atoms. The number of carbonyl (C=O) groups is 3. The second-order valence-corrected chi connectivity index (χ2v) is 7.63. The summed E-state index contributed by atoms with van der Waals surface area (Å²) in [6, 6.07) is 1.71. The van der Waals surface area contributed by atoms with Crippen LogP contribution >= 0.6 is 0 Å². The number of hydrogen-bond donors (Lipinski definition) is 2. The molecule has 0 atom stereocenters. The summed E-state index contributed by atoms with van der Waals surface area (Å²) in [5, 5.41) is 11.8. The van der Waals surface area contributed by atoms with Crippen molar-refractivity contribution < 1.29 is 19.1 Å². The Kier molecular flexibility index (Phi) is 6.74. The van der Waals surface area contributed by atoms with Crippen LogP contribution in [0.1, 0.15) is 59.8 Å². The molecule has 7 heteroatoms. The SMILES string of the molecule is CC(N)=C(C#N)C(=O)COC(=O)C1(CC(=O)NC(C)(C)C)CCCC1. The van der Waals surface area contributed by atoms with Crippen LogP contribution in [-0.4, -0.2) is 29.8 Å². The molecule has 1 aliphatic rings. The zero-order valence-corrected chi connectivity index (χ0v) is 15.4. The van der Waals surface area contributed by atoms with Crippen molar-refractivity contribution in [2.75, 3.05) is 6.61 Å². The summed E-state index contributed by atoms with van der Waals surface area (Å²) in [6.07, 6.45) is 2.80. The largest absolute Gasteiger partial charge is 0.457 e. The van der Waals surface area contributed by atoms with Crippen LogP contribution in [0.25, 0.3) is 0 Å². The van der Waals surface area contributed by atoms with Gasteiger partial charge in [-0.05, 0) is 40.5 Å². The van der Waals surface area contributed by atoms with E-state index in [1.54, 1.807) is 6.07 Å². The predicted octanol–water partition coefficient (Wildman–Crippen LogP) is 1.72. The Morgan fingerprint density at radius 1 is 1.24 bits per heavy atom. The highest BCUT2D eigenvalue weighted by Gasteiger charge is 2.44. The van der Waals surface area contributed by atoms with Gasteiger partial charge in [-0.25, -0.2) is 0 Å². The summed E-state index contributed by atoms with van der Waals surface area (Å²) < 4.78 is 5.15. The second kappa shape index (κ2) is 8.15. The average Bonchev–Trinajstić information content (AvgIpc) is 2.92. The van der Waals surface area contributed by atoms with Crippen LogP contribution in [0.15, 0.2) is 11.3 Å². The summed E-state index contributed by atoms with van der Waals surface area (Å²) in [7, 11) is 0. The lowest BCUT2D eigenvalue weighted by molar-refractivity contribution is -0.159. The monoisotopic (exact) mass is 349 g/mol. The number of ether oxygens (including phenoxy) is 1. The lowest BCUT2D eigenvalue weighted by atomic mass is 9.82. The Morgan fingerprint density at radius 3 is 2.24 bits per heavy atom. The number of allylic oxidation sites excluding steroid dienone is 1. The van der Waals surface area contributed by atoms with Crippen LogP contribution in [0.5, 0.6) is 0 Å². The van der Waals surface area contributed by atoms with Crippen molar-refractivity contribution in [3.63, 3.8) is 0 Å². The first-order valence-electron chi connectivity index (χ1n) is 8.39. The van der Waals surface area contributed by atoms with E-state index in [4.69, 9.17) is 15.7 Å². The van der Waals surface area contributed by atoms with Crippen LogP contribution in [0, 0.1) is 16.7 Å². The van der Waals surface area contributed by atoms with Gasteiger partial charge in [-0.15, -0.1) is 0 Å². The maximum absolute atomic E-state index is 12.6. The van der Waals surface area contributed by atoms with Gasteiger partial charge in [-0.1, -0.05) is 12.8 Å². The zero-order valence-electron chi connectivity index (χ0n) is 15.4. The van der Waals surface area contributed by atoms with E-state index >= 15 is 0 Å². The molecule has 7 nitrogen and oxygen atoms in total. The molecule has 0 aromatic heterocycles. The van der Waals surface area contributed by atoms with Gasteiger partial charge in [0.05, 0.1) is 5.41 Å². The number of rotatable bonds is 6. The quantitative estimate of drug-likeness (QED) is 0.428. The predicted molar refractivity (Wildman–Crippen MR) is 91.9 cm³/mol. The van der Waals surface area contributed by atoms with Gasteiger partial charge in [-0.3, -0.25) is 14.4 Å². The lowest BCUT2D eigenvalue weighted by Gasteiger charge is -2.28. The van der Waals surface area contributed by atoms with Crippen molar-refractivity contribution in [2.45, 2.75) is 65.3 Å². The van der Waals surface area contributed by atoms with E-state index in [2.05, 4.69) is 5.32 Å². The fraction of sp³-hybridized carbons (Fsp3) is 0.667. The number of ketones is 1. The molecule has 3 N–H and O–H groups in total. The summed E-state index contributed by atoms with van der Waals surface area (Å²) in [4.78, 5) is 36.8. The molecule has 25 heavy (non-hydrogen) atoms.